The topological polar surface area (TPSA) is 78.0 Å². The van der Waals surface area contributed by atoms with E-state index in [1.54, 1.807) is 6.33 Å². The molecule has 1 amide bonds. The third-order valence-corrected chi connectivity index (χ3v) is 2.58. The molecular formula is C12H15N3O2. The average molecular weight is 233 g/mol. The van der Waals surface area contributed by atoms with Crippen LogP contribution in [0.1, 0.15) is 12.5 Å². The van der Waals surface area contributed by atoms with Crippen LogP contribution in [0.15, 0.2) is 24.5 Å². The molecule has 17 heavy (non-hydrogen) atoms. The normalized spacial score (nSPS) is 12.6. The van der Waals surface area contributed by atoms with Gasteiger partial charge in [-0.3, -0.25) is 4.79 Å². The summed E-state index contributed by atoms with van der Waals surface area (Å²) in [5, 5.41) is 11.7. The van der Waals surface area contributed by atoms with Crippen molar-refractivity contribution in [2.45, 2.75) is 19.4 Å². The number of carbonyl (C=O) groups is 1. The molecule has 0 saturated heterocycles. The van der Waals surface area contributed by atoms with E-state index in [-0.39, 0.29) is 5.91 Å². The van der Waals surface area contributed by atoms with Gasteiger partial charge in [0.1, 0.15) is 6.10 Å². The minimum absolute atomic E-state index is 0.340. The molecule has 0 spiro atoms. The molecule has 90 valence electrons. The number of aliphatic hydroxyl groups excluding tert-OH is 1. The monoisotopic (exact) mass is 233 g/mol. The van der Waals surface area contributed by atoms with Crippen molar-refractivity contribution in [3.05, 3.63) is 30.1 Å². The number of aromatic nitrogens is 2. The molecule has 1 heterocycles. The van der Waals surface area contributed by atoms with Crippen molar-refractivity contribution in [2.75, 3.05) is 6.54 Å². The van der Waals surface area contributed by atoms with E-state index in [9.17, 15) is 4.79 Å². The standard InChI is InChI=1S/C12H15N3O2/c1-8(16)12(17)13-5-4-9-2-3-10-11(6-9)15-7-14-10/h2-3,6-8,16H,4-5H2,1H3,(H,13,17)(H,14,15). The van der Waals surface area contributed by atoms with E-state index in [1.807, 2.05) is 18.2 Å². The second-order valence-electron chi connectivity index (χ2n) is 3.97. The highest BCUT2D eigenvalue weighted by molar-refractivity contribution is 5.80. The van der Waals surface area contributed by atoms with Crippen LogP contribution in [0.4, 0.5) is 0 Å². The summed E-state index contributed by atoms with van der Waals surface area (Å²) in [6, 6.07) is 5.94. The van der Waals surface area contributed by atoms with Crippen LogP contribution in [0.3, 0.4) is 0 Å². The largest absolute Gasteiger partial charge is 0.384 e. The van der Waals surface area contributed by atoms with Crippen molar-refractivity contribution in [3.8, 4) is 0 Å². The number of hydrogen-bond donors (Lipinski definition) is 3. The van der Waals surface area contributed by atoms with Crippen molar-refractivity contribution in [1.29, 1.82) is 0 Å². The van der Waals surface area contributed by atoms with Crippen molar-refractivity contribution in [3.63, 3.8) is 0 Å². The lowest BCUT2D eigenvalue weighted by Crippen LogP contribution is -2.33. The Morgan fingerprint density at radius 2 is 2.41 bits per heavy atom. The highest BCUT2D eigenvalue weighted by Gasteiger charge is 2.07. The fraction of sp³-hybridized carbons (Fsp3) is 0.333. The van der Waals surface area contributed by atoms with Crippen LogP contribution in [0.25, 0.3) is 11.0 Å². The number of rotatable bonds is 4. The number of hydrogen-bond acceptors (Lipinski definition) is 3. The molecular weight excluding hydrogens is 218 g/mol. The molecule has 0 aliphatic heterocycles. The molecule has 0 radical (unpaired) electrons. The summed E-state index contributed by atoms with van der Waals surface area (Å²) in [6.07, 6.45) is 1.43. The van der Waals surface area contributed by atoms with Crippen LogP contribution in [0.2, 0.25) is 0 Å². The van der Waals surface area contributed by atoms with Gasteiger partial charge in [-0.2, -0.15) is 0 Å². The molecule has 1 aromatic heterocycles. The van der Waals surface area contributed by atoms with E-state index >= 15 is 0 Å². The van der Waals surface area contributed by atoms with E-state index in [4.69, 9.17) is 5.11 Å². The summed E-state index contributed by atoms with van der Waals surface area (Å²) in [5.74, 6) is -0.340. The van der Waals surface area contributed by atoms with Gasteiger partial charge in [-0.25, -0.2) is 4.98 Å². The molecule has 3 N–H and O–H groups in total. The van der Waals surface area contributed by atoms with E-state index < -0.39 is 6.10 Å². The van der Waals surface area contributed by atoms with E-state index in [2.05, 4.69) is 15.3 Å². The molecule has 2 rings (SSSR count). The SMILES string of the molecule is CC(O)C(=O)NCCc1ccc2nc[nH]c2c1. The molecule has 0 aliphatic rings. The highest BCUT2D eigenvalue weighted by Crippen LogP contribution is 2.11. The molecule has 5 heteroatoms. The number of aromatic amines is 1. The second-order valence-corrected chi connectivity index (χ2v) is 3.97. The van der Waals surface area contributed by atoms with Gasteiger partial charge in [0.05, 0.1) is 17.4 Å². The summed E-state index contributed by atoms with van der Waals surface area (Å²) in [6.45, 7) is 1.97. The molecule has 1 unspecified atom stereocenters. The maximum absolute atomic E-state index is 11.1. The van der Waals surface area contributed by atoms with Gasteiger partial charge in [0.25, 0.3) is 0 Å². The number of H-pyrrole nitrogens is 1. The molecule has 5 nitrogen and oxygen atoms in total. The number of imidazole rings is 1. The molecule has 0 saturated carbocycles. The van der Waals surface area contributed by atoms with Crippen LogP contribution in [-0.4, -0.2) is 33.6 Å². The first-order valence-electron chi connectivity index (χ1n) is 5.54. The Bertz CT molecular complexity index is 519. The molecule has 0 aliphatic carbocycles. The second kappa shape index (κ2) is 4.97. The van der Waals surface area contributed by atoms with Crippen molar-refractivity contribution in [2.24, 2.45) is 0 Å². The number of aliphatic hydroxyl groups is 1. The predicted molar refractivity (Wildman–Crippen MR) is 64.5 cm³/mol. The number of fused-ring (bicyclic) bond motifs is 1. The van der Waals surface area contributed by atoms with Crippen LogP contribution in [-0.2, 0) is 11.2 Å². The Morgan fingerprint density at radius 1 is 1.59 bits per heavy atom. The maximum Gasteiger partial charge on any atom is 0.248 e. The molecule has 1 atom stereocenters. The average Bonchev–Trinajstić information content (AvgIpc) is 2.75. The number of amides is 1. The van der Waals surface area contributed by atoms with Crippen molar-refractivity contribution >= 4 is 16.9 Å². The zero-order valence-corrected chi connectivity index (χ0v) is 9.60. The summed E-state index contributed by atoms with van der Waals surface area (Å²) in [5.41, 5.74) is 3.04. The minimum Gasteiger partial charge on any atom is -0.384 e. The summed E-state index contributed by atoms with van der Waals surface area (Å²) < 4.78 is 0. The smallest absolute Gasteiger partial charge is 0.248 e. The number of carbonyl (C=O) groups excluding carboxylic acids is 1. The van der Waals surface area contributed by atoms with Crippen molar-refractivity contribution < 1.29 is 9.90 Å². The maximum atomic E-state index is 11.1. The lowest BCUT2D eigenvalue weighted by molar-refractivity contribution is -0.128. The third-order valence-electron chi connectivity index (χ3n) is 2.58. The van der Waals surface area contributed by atoms with Gasteiger partial charge in [0.2, 0.25) is 5.91 Å². The Morgan fingerprint density at radius 3 is 3.18 bits per heavy atom. The summed E-state index contributed by atoms with van der Waals surface area (Å²) in [4.78, 5) is 18.3. The molecule has 2 aromatic rings. The Balaban J connectivity index is 1.92. The minimum atomic E-state index is -0.954. The lowest BCUT2D eigenvalue weighted by atomic mass is 10.1. The fourth-order valence-corrected chi connectivity index (χ4v) is 1.62. The zero-order chi connectivity index (χ0) is 12.3. The zero-order valence-electron chi connectivity index (χ0n) is 9.60. The predicted octanol–water partition coefficient (Wildman–Crippen LogP) is 0.602. The first-order chi connectivity index (χ1) is 8.16. The van der Waals surface area contributed by atoms with Gasteiger partial charge in [0, 0.05) is 6.54 Å². The van der Waals surface area contributed by atoms with E-state index in [1.165, 1.54) is 6.92 Å². The summed E-state index contributed by atoms with van der Waals surface area (Å²) >= 11 is 0. The van der Waals surface area contributed by atoms with Crippen LogP contribution >= 0.6 is 0 Å². The fourth-order valence-electron chi connectivity index (χ4n) is 1.62. The first-order valence-corrected chi connectivity index (χ1v) is 5.54. The van der Waals surface area contributed by atoms with Crippen LogP contribution < -0.4 is 5.32 Å². The summed E-state index contributed by atoms with van der Waals surface area (Å²) in [7, 11) is 0. The quantitative estimate of drug-likeness (QED) is 0.723. The first kappa shape index (κ1) is 11.6. The Labute approximate surface area is 98.9 Å². The van der Waals surface area contributed by atoms with Crippen molar-refractivity contribution in [1.82, 2.24) is 15.3 Å². The van der Waals surface area contributed by atoms with Gasteiger partial charge in [-0.15, -0.1) is 0 Å². The number of benzene rings is 1. The van der Waals surface area contributed by atoms with Gasteiger partial charge < -0.3 is 15.4 Å². The Hall–Kier alpha value is -1.88. The lowest BCUT2D eigenvalue weighted by Gasteiger charge is -2.06. The number of nitrogens with zero attached hydrogens (tertiary/aromatic N) is 1. The number of nitrogens with one attached hydrogen (secondary N) is 2. The molecule has 1 aromatic carbocycles. The van der Waals surface area contributed by atoms with Gasteiger partial charge >= 0.3 is 0 Å². The highest BCUT2D eigenvalue weighted by atomic mass is 16.3. The van der Waals surface area contributed by atoms with Gasteiger partial charge in [-0.1, -0.05) is 6.07 Å². The Kier molecular flexibility index (Phi) is 3.39. The molecule has 0 fully saturated rings. The molecule has 0 bridgehead atoms. The van der Waals surface area contributed by atoms with E-state index in [0.717, 1.165) is 23.0 Å². The van der Waals surface area contributed by atoms with Crippen LogP contribution in [0, 0.1) is 0 Å². The van der Waals surface area contributed by atoms with Gasteiger partial charge in [-0.05, 0) is 31.0 Å². The third kappa shape index (κ3) is 2.82. The van der Waals surface area contributed by atoms with E-state index in [0.29, 0.717) is 6.54 Å². The van der Waals surface area contributed by atoms with Crippen LogP contribution in [0.5, 0.6) is 0 Å². The van der Waals surface area contributed by atoms with Gasteiger partial charge in [0.15, 0.2) is 0 Å².